The van der Waals surface area contributed by atoms with Crippen LogP contribution in [0.4, 0.5) is 0 Å². The van der Waals surface area contributed by atoms with Gasteiger partial charge in [0.15, 0.2) is 0 Å². The number of hydrogen-bond donors (Lipinski definition) is 2. The van der Waals surface area contributed by atoms with Gasteiger partial charge in [0.05, 0.1) is 17.1 Å². The lowest BCUT2D eigenvalue weighted by Gasteiger charge is -2.34. The Morgan fingerprint density at radius 3 is 2.88 bits per heavy atom. The zero-order valence-electron chi connectivity index (χ0n) is 13.8. The fourth-order valence-corrected chi connectivity index (χ4v) is 4.03. The Hall–Kier alpha value is -1.43. The molecule has 24 heavy (non-hydrogen) atoms. The molecule has 1 amide bonds. The molecule has 6 heteroatoms. The highest BCUT2D eigenvalue weighted by Crippen LogP contribution is 2.30. The van der Waals surface area contributed by atoms with Gasteiger partial charge in [-0.3, -0.25) is 4.79 Å². The first kappa shape index (κ1) is 17.4. The van der Waals surface area contributed by atoms with Crippen LogP contribution in [0.2, 0.25) is 5.02 Å². The summed E-state index contributed by atoms with van der Waals surface area (Å²) in [6.45, 7) is 5.03. The predicted octanol–water partition coefficient (Wildman–Crippen LogP) is 3.51. The number of aromatic nitrogens is 1. The molecule has 0 atom stereocenters. The van der Waals surface area contributed by atoms with Gasteiger partial charge in [-0.25, -0.2) is 4.98 Å². The third-order valence-electron chi connectivity index (χ3n) is 4.52. The summed E-state index contributed by atoms with van der Waals surface area (Å²) in [6, 6.07) is 7.64. The first-order chi connectivity index (χ1) is 11.6. The minimum atomic E-state index is 0.0331. The number of piperidine rings is 1. The van der Waals surface area contributed by atoms with Gasteiger partial charge in [0.1, 0.15) is 5.01 Å². The Morgan fingerprint density at radius 1 is 1.38 bits per heavy atom. The van der Waals surface area contributed by atoms with E-state index >= 15 is 0 Å². The fourth-order valence-electron chi connectivity index (χ4n) is 2.89. The average molecular weight is 364 g/mol. The summed E-state index contributed by atoms with van der Waals surface area (Å²) in [5, 5.41) is 9.90. The van der Waals surface area contributed by atoms with E-state index in [4.69, 9.17) is 11.6 Å². The van der Waals surface area contributed by atoms with Crippen molar-refractivity contribution < 1.29 is 4.79 Å². The quantitative estimate of drug-likeness (QED) is 0.854. The molecule has 0 aliphatic carbocycles. The van der Waals surface area contributed by atoms with Crippen LogP contribution in [-0.4, -0.2) is 30.5 Å². The molecule has 1 fully saturated rings. The molecule has 3 rings (SSSR count). The van der Waals surface area contributed by atoms with E-state index in [-0.39, 0.29) is 11.3 Å². The van der Waals surface area contributed by atoms with E-state index in [1.54, 1.807) is 0 Å². The normalized spacial score (nSPS) is 16.8. The van der Waals surface area contributed by atoms with Crippen LogP contribution in [0, 0.1) is 5.41 Å². The van der Waals surface area contributed by atoms with Crippen LogP contribution in [0.1, 0.15) is 25.5 Å². The lowest BCUT2D eigenvalue weighted by Crippen LogP contribution is -2.43. The lowest BCUT2D eigenvalue weighted by atomic mass is 9.81. The van der Waals surface area contributed by atoms with Crippen molar-refractivity contribution in [3.05, 3.63) is 40.4 Å². The van der Waals surface area contributed by atoms with E-state index in [0.29, 0.717) is 11.4 Å². The monoisotopic (exact) mass is 363 g/mol. The Bertz CT molecular complexity index is 710. The molecular weight excluding hydrogens is 342 g/mol. The molecule has 0 saturated carbocycles. The van der Waals surface area contributed by atoms with Crippen LogP contribution in [-0.2, 0) is 11.2 Å². The summed E-state index contributed by atoms with van der Waals surface area (Å²) in [4.78, 5) is 16.8. The number of carbonyl (C=O) groups excluding carboxylic acids is 1. The Kier molecular flexibility index (Phi) is 5.54. The molecule has 0 unspecified atom stereocenters. The van der Waals surface area contributed by atoms with E-state index in [1.165, 1.54) is 11.3 Å². The standard InChI is InChI=1S/C18H22ClN3OS/c1-18(6-8-20-9-7-18)12-21-16(23)10-13-11-24-17(22-13)14-4-2-3-5-15(14)19/h2-5,11,20H,6-10,12H2,1H3,(H,21,23). The maximum absolute atomic E-state index is 12.2. The van der Waals surface area contributed by atoms with E-state index in [1.807, 2.05) is 29.6 Å². The zero-order valence-corrected chi connectivity index (χ0v) is 15.3. The average Bonchev–Trinajstić information content (AvgIpc) is 3.02. The van der Waals surface area contributed by atoms with Crippen LogP contribution >= 0.6 is 22.9 Å². The SMILES string of the molecule is CC1(CNC(=O)Cc2csc(-c3ccccc3Cl)n2)CCNCC1. The van der Waals surface area contributed by atoms with E-state index in [9.17, 15) is 4.79 Å². The van der Waals surface area contributed by atoms with Crippen LogP contribution in [0.25, 0.3) is 10.6 Å². The molecule has 4 nitrogen and oxygen atoms in total. The van der Waals surface area contributed by atoms with E-state index in [0.717, 1.165) is 48.7 Å². The van der Waals surface area contributed by atoms with E-state index in [2.05, 4.69) is 22.5 Å². The van der Waals surface area contributed by atoms with Crippen molar-refractivity contribution >= 4 is 28.8 Å². The molecule has 2 heterocycles. The molecule has 1 aromatic carbocycles. The number of amides is 1. The van der Waals surface area contributed by atoms with Crippen molar-refractivity contribution in [2.24, 2.45) is 5.41 Å². The van der Waals surface area contributed by atoms with Crippen LogP contribution in [0.15, 0.2) is 29.6 Å². The molecular formula is C18H22ClN3OS. The third-order valence-corrected chi connectivity index (χ3v) is 5.77. The lowest BCUT2D eigenvalue weighted by molar-refractivity contribution is -0.121. The highest BCUT2D eigenvalue weighted by Gasteiger charge is 2.27. The Balaban J connectivity index is 1.56. The summed E-state index contributed by atoms with van der Waals surface area (Å²) >= 11 is 7.73. The summed E-state index contributed by atoms with van der Waals surface area (Å²) < 4.78 is 0. The molecule has 1 aromatic heterocycles. The van der Waals surface area contributed by atoms with Gasteiger partial charge < -0.3 is 10.6 Å². The topological polar surface area (TPSA) is 54.0 Å². The minimum absolute atomic E-state index is 0.0331. The second-order valence-corrected chi connectivity index (χ2v) is 7.90. The third kappa shape index (κ3) is 4.35. The van der Waals surface area contributed by atoms with Gasteiger partial charge in [0.2, 0.25) is 5.91 Å². The molecule has 0 bridgehead atoms. The maximum atomic E-state index is 12.2. The number of carbonyl (C=O) groups is 1. The number of benzene rings is 1. The van der Waals surface area contributed by atoms with E-state index < -0.39 is 0 Å². The molecule has 0 spiro atoms. The van der Waals surface area contributed by atoms with Gasteiger partial charge in [-0.05, 0) is 37.4 Å². The predicted molar refractivity (Wildman–Crippen MR) is 99.5 cm³/mol. The minimum Gasteiger partial charge on any atom is -0.355 e. The van der Waals surface area contributed by atoms with Crippen molar-refractivity contribution in [2.75, 3.05) is 19.6 Å². The fraction of sp³-hybridized carbons (Fsp3) is 0.444. The molecule has 2 aromatic rings. The summed E-state index contributed by atoms with van der Waals surface area (Å²) in [5.41, 5.74) is 1.91. The van der Waals surface area contributed by atoms with Crippen molar-refractivity contribution in [1.82, 2.24) is 15.6 Å². The summed E-state index contributed by atoms with van der Waals surface area (Å²) in [7, 11) is 0. The Morgan fingerprint density at radius 2 is 2.12 bits per heavy atom. The smallest absolute Gasteiger partial charge is 0.226 e. The number of nitrogens with one attached hydrogen (secondary N) is 2. The second kappa shape index (κ2) is 7.64. The van der Waals surface area contributed by atoms with Crippen molar-refractivity contribution in [3.63, 3.8) is 0 Å². The highest BCUT2D eigenvalue weighted by atomic mass is 35.5. The largest absolute Gasteiger partial charge is 0.355 e. The maximum Gasteiger partial charge on any atom is 0.226 e. The van der Waals surface area contributed by atoms with Crippen LogP contribution in [0.5, 0.6) is 0 Å². The number of nitrogens with zero attached hydrogens (tertiary/aromatic N) is 1. The van der Waals surface area contributed by atoms with Gasteiger partial charge in [0.25, 0.3) is 0 Å². The first-order valence-electron chi connectivity index (χ1n) is 8.22. The zero-order chi connectivity index (χ0) is 17.0. The number of hydrogen-bond acceptors (Lipinski definition) is 4. The van der Waals surface area contributed by atoms with Gasteiger partial charge in [0, 0.05) is 17.5 Å². The van der Waals surface area contributed by atoms with Crippen LogP contribution < -0.4 is 10.6 Å². The van der Waals surface area contributed by atoms with Gasteiger partial charge in [-0.1, -0.05) is 36.7 Å². The highest BCUT2D eigenvalue weighted by molar-refractivity contribution is 7.13. The van der Waals surface area contributed by atoms with Gasteiger partial charge in [-0.2, -0.15) is 0 Å². The molecule has 1 saturated heterocycles. The molecule has 2 N–H and O–H groups in total. The first-order valence-corrected chi connectivity index (χ1v) is 9.48. The van der Waals surface area contributed by atoms with Crippen molar-refractivity contribution in [1.29, 1.82) is 0 Å². The van der Waals surface area contributed by atoms with Gasteiger partial charge in [-0.15, -0.1) is 11.3 Å². The van der Waals surface area contributed by atoms with Gasteiger partial charge >= 0.3 is 0 Å². The summed E-state index contributed by atoms with van der Waals surface area (Å²) in [6.07, 6.45) is 2.51. The Labute approximate surface area is 151 Å². The van der Waals surface area contributed by atoms with Crippen molar-refractivity contribution in [3.8, 4) is 10.6 Å². The summed E-state index contributed by atoms with van der Waals surface area (Å²) in [5.74, 6) is 0.0331. The molecule has 1 aliphatic heterocycles. The number of thiazole rings is 1. The second-order valence-electron chi connectivity index (χ2n) is 6.64. The molecule has 1 aliphatic rings. The molecule has 0 radical (unpaired) electrons. The number of halogens is 1. The molecule has 128 valence electrons. The number of rotatable bonds is 5. The van der Waals surface area contributed by atoms with Crippen LogP contribution in [0.3, 0.4) is 0 Å². The van der Waals surface area contributed by atoms with Crippen molar-refractivity contribution in [2.45, 2.75) is 26.2 Å².